The summed E-state index contributed by atoms with van der Waals surface area (Å²) in [7, 11) is 1.80. The normalized spacial score (nSPS) is 12.0. The molecule has 4 aromatic rings. The minimum atomic E-state index is -0.312. The first-order valence-corrected chi connectivity index (χ1v) is 11.0. The number of hydrogen-bond donors (Lipinski definition) is 1. The summed E-state index contributed by atoms with van der Waals surface area (Å²) in [6, 6.07) is 28.6. The molecule has 1 amide bonds. The topological polar surface area (TPSA) is 71.6 Å². The van der Waals surface area contributed by atoms with Crippen LogP contribution in [0, 0.1) is 0 Å². The number of benzene rings is 3. The number of carbonyl (C=O) groups excluding carboxylic acids is 1. The Bertz CT molecular complexity index is 1280. The van der Waals surface area contributed by atoms with Crippen molar-refractivity contribution >= 4 is 37.6 Å². The van der Waals surface area contributed by atoms with Gasteiger partial charge in [0.05, 0.1) is 0 Å². The van der Waals surface area contributed by atoms with Crippen molar-refractivity contribution in [1.29, 1.82) is 0 Å². The van der Waals surface area contributed by atoms with Gasteiger partial charge >= 0.3 is 180 Å². The second-order valence-electron chi connectivity index (χ2n) is 6.38. The van der Waals surface area contributed by atoms with Crippen molar-refractivity contribution in [3.63, 3.8) is 0 Å². The SMILES string of the molecule is Cn1nc(Nc2ccccc2)c(=Nc2ccccc2)[se]c1=NC(=O)c1ccccc1. The molecule has 4 rings (SSSR count). The summed E-state index contributed by atoms with van der Waals surface area (Å²) in [4.78, 5) is 21.7. The summed E-state index contributed by atoms with van der Waals surface area (Å²) in [5.41, 5.74) is 2.30. The van der Waals surface area contributed by atoms with Gasteiger partial charge in [0.15, 0.2) is 0 Å². The maximum absolute atomic E-state index is 12.6. The average molecular weight is 460 g/mol. The standard InChI is InChI=1S/C23H19N5OSe/c1-28-23(26-21(29)17-11-5-2-6-12-17)30-22(25-19-15-9-4-10-16-19)20(27-28)24-18-13-7-3-8-14-18/h2-16H,1H3,(H,24,27). The van der Waals surface area contributed by atoms with Crippen LogP contribution in [-0.2, 0) is 7.05 Å². The van der Waals surface area contributed by atoms with Crippen molar-refractivity contribution < 1.29 is 4.79 Å². The van der Waals surface area contributed by atoms with Crippen LogP contribution in [0.2, 0.25) is 0 Å². The van der Waals surface area contributed by atoms with Gasteiger partial charge in [0, 0.05) is 0 Å². The summed E-state index contributed by atoms with van der Waals surface area (Å²) in [6.07, 6.45) is 0. The molecule has 0 atom stereocenters. The van der Waals surface area contributed by atoms with Crippen LogP contribution in [0.5, 0.6) is 0 Å². The van der Waals surface area contributed by atoms with E-state index in [0.29, 0.717) is 15.7 Å². The molecule has 0 aliphatic rings. The first-order chi connectivity index (χ1) is 14.7. The van der Waals surface area contributed by atoms with Crippen molar-refractivity contribution in [1.82, 2.24) is 9.78 Å². The van der Waals surface area contributed by atoms with E-state index >= 15 is 0 Å². The monoisotopic (exact) mass is 461 g/mol. The van der Waals surface area contributed by atoms with Crippen molar-refractivity contribution in [2.24, 2.45) is 17.0 Å². The van der Waals surface area contributed by atoms with Crippen molar-refractivity contribution in [2.75, 3.05) is 5.32 Å². The van der Waals surface area contributed by atoms with E-state index in [1.807, 2.05) is 78.9 Å². The first kappa shape index (κ1) is 19.8. The molecule has 0 aliphatic heterocycles. The molecule has 148 valence electrons. The van der Waals surface area contributed by atoms with Gasteiger partial charge in [-0.2, -0.15) is 0 Å². The van der Waals surface area contributed by atoms with Crippen LogP contribution in [0.1, 0.15) is 10.4 Å². The Morgan fingerprint density at radius 1 is 0.900 bits per heavy atom. The van der Waals surface area contributed by atoms with Gasteiger partial charge in [-0.05, 0) is 0 Å². The predicted molar refractivity (Wildman–Crippen MR) is 118 cm³/mol. The molecule has 1 aromatic heterocycles. The maximum atomic E-state index is 12.6. The molecule has 3 aromatic carbocycles. The molecule has 30 heavy (non-hydrogen) atoms. The number of para-hydroxylation sites is 2. The van der Waals surface area contributed by atoms with Gasteiger partial charge in [0.25, 0.3) is 0 Å². The molecular weight excluding hydrogens is 441 g/mol. The van der Waals surface area contributed by atoms with Crippen molar-refractivity contribution in [3.05, 3.63) is 105 Å². The summed E-state index contributed by atoms with van der Waals surface area (Å²) in [6.45, 7) is 0. The number of anilines is 2. The molecular formula is C23H19N5OSe. The zero-order valence-corrected chi connectivity index (χ0v) is 18.0. The molecule has 0 spiro atoms. The summed E-state index contributed by atoms with van der Waals surface area (Å²) >= 11 is -0.312. The van der Waals surface area contributed by atoms with Gasteiger partial charge in [0.2, 0.25) is 0 Å². The second-order valence-corrected chi connectivity index (χ2v) is 8.39. The van der Waals surface area contributed by atoms with Crippen molar-refractivity contribution in [2.45, 2.75) is 0 Å². The average Bonchev–Trinajstić information content (AvgIpc) is 2.79. The summed E-state index contributed by atoms with van der Waals surface area (Å²) in [5.74, 6) is 0.367. The van der Waals surface area contributed by atoms with Gasteiger partial charge in [-0.15, -0.1) is 0 Å². The van der Waals surface area contributed by atoms with Gasteiger partial charge < -0.3 is 0 Å². The van der Waals surface area contributed by atoms with Gasteiger partial charge in [-0.25, -0.2) is 0 Å². The molecule has 0 unspecified atom stereocenters. The number of rotatable bonds is 4. The van der Waals surface area contributed by atoms with Gasteiger partial charge in [0.1, 0.15) is 0 Å². The Labute approximate surface area is 179 Å². The molecule has 0 radical (unpaired) electrons. The number of nitrogens with one attached hydrogen (secondary N) is 1. The van der Waals surface area contributed by atoms with Gasteiger partial charge in [-0.3, -0.25) is 0 Å². The fraction of sp³-hybridized carbons (Fsp3) is 0.0435. The molecule has 0 fully saturated rings. The zero-order chi connectivity index (χ0) is 20.8. The number of carbonyl (C=O) groups is 1. The number of amides is 1. The fourth-order valence-corrected chi connectivity index (χ4v) is 4.40. The fourth-order valence-electron chi connectivity index (χ4n) is 2.70. The van der Waals surface area contributed by atoms with Crippen LogP contribution < -0.4 is 13.9 Å². The first-order valence-electron chi connectivity index (χ1n) is 9.33. The van der Waals surface area contributed by atoms with Crippen LogP contribution in [0.25, 0.3) is 0 Å². The zero-order valence-electron chi connectivity index (χ0n) is 16.3. The summed E-state index contributed by atoms with van der Waals surface area (Å²) < 4.78 is 3.02. The van der Waals surface area contributed by atoms with E-state index < -0.39 is 0 Å². The van der Waals surface area contributed by atoms with E-state index in [1.54, 1.807) is 23.9 Å². The van der Waals surface area contributed by atoms with E-state index in [-0.39, 0.29) is 20.4 Å². The van der Waals surface area contributed by atoms with E-state index in [2.05, 4.69) is 15.4 Å². The Kier molecular flexibility index (Phi) is 6.13. The Hall–Kier alpha value is -3.54. The minimum absolute atomic E-state index is 0.284. The Morgan fingerprint density at radius 3 is 2.17 bits per heavy atom. The molecule has 1 N–H and O–H groups in total. The van der Waals surface area contributed by atoms with Crippen LogP contribution >= 0.6 is 0 Å². The number of aromatic nitrogens is 2. The van der Waals surface area contributed by atoms with E-state index in [9.17, 15) is 4.79 Å². The number of aryl methyl sites for hydroxylation is 1. The molecule has 1 heterocycles. The third-order valence-corrected chi connectivity index (χ3v) is 6.29. The predicted octanol–water partition coefficient (Wildman–Crippen LogP) is 3.19. The molecule has 6 nitrogen and oxygen atoms in total. The van der Waals surface area contributed by atoms with Crippen LogP contribution in [0.15, 0.2) is 101 Å². The van der Waals surface area contributed by atoms with Crippen LogP contribution in [0.3, 0.4) is 0 Å². The molecule has 0 aliphatic carbocycles. The number of nitrogens with zero attached hydrogens (tertiary/aromatic N) is 4. The molecule has 0 bridgehead atoms. The van der Waals surface area contributed by atoms with Crippen LogP contribution in [0.4, 0.5) is 17.2 Å². The van der Waals surface area contributed by atoms with E-state index in [1.165, 1.54) is 0 Å². The van der Waals surface area contributed by atoms with Crippen molar-refractivity contribution in [3.8, 4) is 0 Å². The second kappa shape index (κ2) is 9.30. The third-order valence-electron chi connectivity index (χ3n) is 4.16. The van der Waals surface area contributed by atoms with Crippen LogP contribution in [-0.4, -0.2) is 30.2 Å². The molecule has 7 heteroatoms. The quantitative estimate of drug-likeness (QED) is 0.476. The Morgan fingerprint density at radius 2 is 1.50 bits per heavy atom. The van der Waals surface area contributed by atoms with Gasteiger partial charge in [-0.1, -0.05) is 0 Å². The third kappa shape index (κ3) is 4.89. The van der Waals surface area contributed by atoms with E-state index in [4.69, 9.17) is 4.99 Å². The number of hydrogen-bond acceptors (Lipinski definition) is 4. The Balaban J connectivity index is 1.84. The molecule has 0 saturated heterocycles. The van der Waals surface area contributed by atoms with E-state index in [0.717, 1.165) is 15.6 Å². The summed E-state index contributed by atoms with van der Waals surface area (Å²) in [5, 5.41) is 7.96. The molecule has 0 saturated carbocycles.